The zero-order valence-electron chi connectivity index (χ0n) is 15.9. The van der Waals surface area contributed by atoms with Crippen LogP contribution in [0.4, 0.5) is 0 Å². The van der Waals surface area contributed by atoms with Gasteiger partial charge in [0, 0.05) is 45.9 Å². The maximum absolute atomic E-state index is 12.7. The van der Waals surface area contributed by atoms with Gasteiger partial charge in [0.1, 0.15) is 5.78 Å². The van der Waals surface area contributed by atoms with Crippen molar-refractivity contribution in [2.75, 3.05) is 27.2 Å². The molecule has 0 heterocycles. The van der Waals surface area contributed by atoms with Crippen molar-refractivity contribution in [3.05, 3.63) is 0 Å². The molecule has 0 rings (SSSR count). The Bertz CT molecular complexity index is 542. The number of primary amides is 1. The molecule has 2 amide bonds. The second kappa shape index (κ2) is 13.2. The SMILES string of the molecule is C.CC(O)[C@H](N)CN(C)N(C)C(=O)[C@H](CC(N)=O)CC(=O)C[C@@H](CO)C(=O)O. The number of hydrogen-bond donors (Lipinski definition) is 5. The van der Waals surface area contributed by atoms with E-state index in [4.69, 9.17) is 21.7 Å². The minimum absolute atomic E-state index is 0. The summed E-state index contributed by atoms with van der Waals surface area (Å²) in [6.07, 6.45) is -2.03. The molecular formula is C17H34N4O7. The number of nitrogens with zero attached hydrogens (tertiary/aromatic N) is 2. The number of rotatable bonds is 13. The van der Waals surface area contributed by atoms with Gasteiger partial charge in [-0.3, -0.25) is 24.2 Å². The Morgan fingerprint density at radius 1 is 1.04 bits per heavy atom. The summed E-state index contributed by atoms with van der Waals surface area (Å²) in [5.41, 5.74) is 10.9. The molecule has 1 unspecified atom stereocenters. The zero-order chi connectivity index (χ0) is 21.3. The highest BCUT2D eigenvalue weighted by atomic mass is 16.4. The van der Waals surface area contributed by atoms with E-state index in [-0.39, 0.29) is 26.8 Å². The number of hydrogen-bond acceptors (Lipinski definition) is 8. The van der Waals surface area contributed by atoms with Gasteiger partial charge in [-0.15, -0.1) is 0 Å². The Kier molecular flexibility index (Phi) is 13.2. The molecule has 11 heteroatoms. The van der Waals surface area contributed by atoms with Crippen LogP contribution in [0.2, 0.25) is 0 Å². The number of likely N-dealkylation sites (N-methyl/N-ethyl adjacent to an activating group) is 1. The van der Waals surface area contributed by atoms with E-state index in [0.29, 0.717) is 0 Å². The van der Waals surface area contributed by atoms with E-state index < -0.39 is 60.6 Å². The summed E-state index contributed by atoms with van der Waals surface area (Å²) in [7, 11) is 2.97. The van der Waals surface area contributed by atoms with Crippen LogP contribution in [-0.4, -0.2) is 88.3 Å². The van der Waals surface area contributed by atoms with Gasteiger partial charge in [-0.25, -0.2) is 5.01 Å². The molecule has 0 aliphatic rings. The number of carboxylic acids is 1. The predicted molar refractivity (Wildman–Crippen MR) is 102 cm³/mol. The average molecular weight is 406 g/mol. The Hall–Kier alpha value is -2.08. The van der Waals surface area contributed by atoms with Crippen molar-refractivity contribution in [1.82, 2.24) is 10.0 Å². The lowest BCUT2D eigenvalue weighted by Gasteiger charge is -2.33. The molecule has 0 bridgehead atoms. The number of carbonyl (C=O) groups is 4. The molecule has 0 fully saturated rings. The Balaban J connectivity index is 0. The molecule has 0 radical (unpaired) electrons. The lowest BCUT2D eigenvalue weighted by Crippen LogP contribution is -2.51. The second-order valence-electron chi connectivity index (χ2n) is 6.64. The molecule has 0 saturated carbocycles. The molecule has 0 aromatic heterocycles. The highest BCUT2D eigenvalue weighted by Gasteiger charge is 2.30. The zero-order valence-corrected chi connectivity index (χ0v) is 15.9. The van der Waals surface area contributed by atoms with Crippen LogP contribution in [0.1, 0.15) is 33.6 Å². The van der Waals surface area contributed by atoms with Crippen LogP contribution in [-0.2, 0) is 19.2 Å². The second-order valence-corrected chi connectivity index (χ2v) is 6.64. The first-order valence-corrected chi connectivity index (χ1v) is 8.46. The van der Waals surface area contributed by atoms with E-state index in [1.54, 1.807) is 7.05 Å². The molecule has 0 aromatic rings. The van der Waals surface area contributed by atoms with Gasteiger partial charge in [0.05, 0.1) is 24.5 Å². The standard InChI is InChI=1S/C16H30N4O7.CH4/c1-9(22)13(17)7-19(2)20(3)15(25)10(6-14(18)24)4-12(23)5-11(8-21)16(26)27;/h9-11,13,21-22H,4-8,17H2,1-3H3,(H2,18,24)(H,26,27);1H4/t9?,10-,11-,13+;/m0./s1. The highest BCUT2D eigenvalue weighted by molar-refractivity contribution is 5.91. The number of ketones is 1. The van der Waals surface area contributed by atoms with Gasteiger partial charge in [0.2, 0.25) is 11.8 Å². The van der Waals surface area contributed by atoms with Crippen molar-refractivity contribution in [1.29, 1.82) is 0 Å². The number of nitrogens with two attached hydrogens (primary N) is 2. The van der Waals surface area contributed by atoms with E-state index in [9.17, 15) is 24.3 Å². The molecule has 28 heavy (non-hydrogen) atoms. The van der Waals surface area contributed by atoms with Gasteiger partial charge in [-0.1, -0.05) is 7.43 Å². The number of aliphatic carboxylic acids is 1. The Labute approximate surface area is 165 Å². The van der Waals surface area contributed by atoms with Crippen molar-refractivity contribution in [2.45, 2.75) is 45.8 Å². The fourth-order valence-electron chi connectivity index (χ4n) is 2.37. The molecule has 0 aromatic carbocycles. The summed E-state index contributed by atoms with van der Waals surface area (Å²) < 4.78 is 0. The van der Waals surface area contributed by atoms with E-state index >= 15 is 0 Å². The third-order valence-electron chi connectivity index (χ3n) is 4.24. The van der Waals surface area contributed by atoms with E-state index in [2.05, 4.69) is 0 Å². The van der Waals surface area contributed by atoms with Crippen LogP contribution >= 0.6 is 0 Å². The third kappa shape index (κ3) is 9.74. The fourth-order valence-corrected chi connectivity index (χ4v) is 2.37. The first kappa shape index (κ1) is 28.1. The summed E-state index contributed by atoms with van der Waals surface area (Å²) in [5, 5.41) is 30.0. The average Bonchev–Trinajstić information content (AvgIpc) is 2.56. The van der Waals surface area contributed by atoms with E-state index in [1.807, 2.05) is 0 Å². The summed E-state index contributed by atoms with van der Waals surface area (Å²) in [4.78, 5) is 47.0. The molecule has 0 spiro atoms. The molecule has 4 atom stereocenters. The maximum atomic E-state index is 12.7. The first-order chi connectivity index (χ1) is 12.4. The van der Waals surface area contributed by atoms with Crippen LogP contribution in [0.25, 0.3) is 0 Å². The smallest absolute Gasteiger partial charge is 0.309 e. The number of carbonyl (C=O) groups excluding carboxylic acids is 3. The van der Waals surface area contributed by atoms with Crippen molar-refractivity contribution in [3.8, 4) is 0 Å². The molecule has 7 N–H and O–H groups in total. The van der Waals surface area contributed by atoms with Gasteiger partial charge in [-0.05, 0) is 6.92 Å². The van der Waals surface area contributed by atoms with Gasteiger partial charge in [-0.2, -0.15) is 0 Å². The number of aliphatic hydroxyl groups excluding tert-OH is 2. The number of Topliss-reactive ketones (excluding diaryl/α,β-unsaturated/α-hetero) is 1. The van der Waals surface area contributed by atoms with Crippen LogP contribution in [0.5, 0.6) is 0 Å². The Morgan fingerprint density at radius 2 is 1.54 bits per heavy atom. The topological polar surface area (TPSA) is 187 Å². The fraction of sp³-hybridized carbons (Fsp3) is 0.765. The third-order valence-corrected chi connectivity index (χ3v) is 4.24. The summed E-state index contributed by atoms with van der Waals surface area (Å²) in [6.45, 7) is 0.938. The van der Waals surface area contributed by atoms with E-state index in [0.717, 1.165) is 0 Å². The number of amides is 2. The van der Waals surface area contributed by atoms with Crippen molar-refractivity contribution in [3.63, 3.8) is 0 Å². The predicted octanol–water partition coefficient (Wildman–Crippen LogP) is -1.83. The van der Waals surface area contributed by atoms with Gasteiger partial charge in [0.15, 0.2) is 0 Å². The molecule has 0 saturated heterocycles. The molecule has 11 nitrogen and oxygen atoms in total. The highest BCUT2D eigenvalue weighted by Crippen LogP contribution is 2.17. The summed E-state index contributed by atoms with van der Waals surface area (Å²) >= 11 is 0. The number of hydrazine groups is 1. The maximum Gasteiger partial charge on any atom is 0.309 e. The van der Waals surface area contributed by atoms with Crippen LogP contribution in [0.3, 0.4) is 0 Å². The number of aliphatic hydroxyl groups is 2. The minimum atomic E-state index is -1.33. The molecular weight excluding hydrogens is 372 g/mol. The monoisotopic (exact) mass is 406 g/mol. The van der Waals surface area contributed by atoms with Gasteiger partial charge >= 0.3 is 5.97 Å². The molecule has 0 aliphatic heterocycles. The van der Waals surface area contributed by atoms with Crippen LogP contribution in [0, 0.1) is 11.8 Å². The van der Waals surface area contributed by atoms with Crippen LogP contribution < -0.4 is 11.5 Å². The van der Waals surface area contributed by atoms with Crippen molar-refractivity contribution in [2.24, 2.45) is 23.3 Å². The van der Waals surface area contributed by atoms with Gasteiger partial charge in [0.25, 0.3) is 0 Å². The molecule has 164 valence electrons. The summed E-state index contributed by atoms with van der Waals surface area (Å²) in [6, 6.07) is -0.623. The van der Waals surface area contributed by atoms with Gasteiger partial charge < -0.3 is 26.8 Å². The lowest BCUT2D eigenvalue weighted by molar-refractivity contribution is -0.152. The normalized spacial score (nSPS) is 15.1. The molecule has 0 aliphatic carbocycles. The quantitative estimate of drug-likeness (QED) is 0.219. The minimum Gasteiger partial charge on any atom is -0.481 e. The Morgan fingerprint density at radius 3 is 1.93 bits per heavy atom. The lowest BCUT2D eigenvalue weighted by atomic mass is 9.92. The first-order valence-electron chi connectivity index (χ1n) is 8.46. The van der Waals surface area contributed by atoms with Crippen molar-refractivity contribution < 1.29 is 34.5 Å². The van der Waals surface area contributed by atoms with Crippen molar-refractivity contribution >= 4 is 23.6 Å². The van der Waals surface area contributed by atoms with E-state index in [1.165, 1.54) is 24.0 Å². The largest absolute Gasteiger partial charge is 0.481 e. The van der Waals surface area contributed by atoms with Crippen LogP contribution in [0.15, 0.2) is 0 Å². The number of carboxylic acid groups (broad SMARTS) is 1. The summed E-state index contributed by atoms with van der Waals surface area (Å²) in [5.74, 6) is -5.60.